The van der Waals surface area contributed by atoms with Gasteiger partial charge in [0, 0.05) is 61.7 Å². The Kier molecular flexibility index (Phi) is 4.36. The molecule has 0 spiro atoms. The summed E-state index contributed by atoms with van der Waals surface area (Å²) >= 11 is 0. The molecule has 0 aliphatic carbocycles. The minimum Gasteiger partial charge on any atom is -0.457 e. The van der Waals surface area contributed by atoms with E-state index in [1.54, 1.807) is 0 Å². The van der Waals surface area contributed by atoms with Crippen molar-refractivity contribution in [1.82, 2.24) is 13.8 Å². The smallest absolute Gasteiger partial charge is 0.153 e. The average Bonchev–Trinajstić information content (AvgIpc) is 3.84. The molecule has 6 aromatic carbocycles. The first-order valence-corrected chi connectivity index (χ1v) is 16.7. The van der Waals surface area contributed by atoms with Crippen molar-refractivity contribution >= 4 is 82.6 Å². The number of rotatable bonds is 2. The van der Waals surface area contributed by atoms with Crippen LogP contribution < -0.4 is 19.3 Å². The predicted octanol–water partition coefficient (Wildman–Crippen LogP) is 10.8. The highest BCUT2D eigenvalue weighted by Gasteiger charge is 2.34. The predicted molar refractivity (Wildman–Crippen MR) is 202 cm³/mol. The van der Waals surface area contributed by atoms with Gasteiger partial charge in [-0.15, -0.1) is 0 Å². The van der Waals surface area contributed by atoms with E-state index in [9.17, 15) is 0 Å². The van der Waals surface area contributed by atoms with Crippen molar-refractivity contribution in [2.45, 2.75) is 0 Å². The number of ether oxygens (including phenoxy) is 2. The van der Waals surface area contributed by atoms with E-state index in [0.717, 1.165) is 60.6 Å². The molecule has 0 amide bonds. The highest BCUT2D eigenvalue weighted by atomic mass is 16.5. The number of hydrogen-bond donors (Lipinski definition) is 0. The van der Waals surface area contributed by atoms with Gasteiger partial charge in [-0.05, 0) is 60.7 Å². The third-order valence-electron chi connectivity index (χ3n) is 10.5. The second kappa shape index (κ2) is 9.24. The van der Waals surface area contributed by atoms with Crippen molar-refractivity contribution in [3.05, 3.63) is 134 Å². The Bertz CT molecular complexity index is 3240. The lowest BCUT2D eigenvalue weighted by Crippen LogP contribution is -2.25. The topological polar surface area (TPSA) is 46.7 Å². The molecule has 7 heteroatoms. The van der Waals surface area contributed by atoms with E-state index in [1.807, 2.05) is 59.6 Å². The Morgan fingerprint density at radius 1 is 0.600 bits per heavy atom. The molecule has 0 atom stereocenters. The third-order valence-corrected chi connectivity index (χ3v) is 10.5. The number of anilines is 3. The van der Waals surface area contributed by atoms with Crippen molar-refractivity contribution in [2.75, 3.05) is 23.4 Å². The number of aromatic nitrogens is 3. The normalized spacial score (nSPS) is 14.8. The third kappa shape index (κ3) is 3.26. The second-order valence-corrected chi connectivity index (χ2v) is 13.1. The summed E-state index contributed by atoms with van der Waals surface area (Å²) in [5, 5.41) is 6.81. The lowest BCUT2D eigenvalue weighted by molar-refractivity contribution is 0.465. The monoisotopic (exact) mass is 648 g/mol. The van der Waals surface area contributed by atoms with Gasteiger partial charge in [0.25, 0.3) is 0 Å². The number of pyridine rings is 1. The molecular formula is C43H27N5O2. The molecule has 10 aromatic rings. The minimum absolute atomic E-state index is 0.176. The number of hydrogen-bond acceptors (Lipinski definition) is 5. The zero-order chi connectivity index (χ0) is 35.2. The number of fused-ring (bicyclic) bond motifs is 12. The summed E-state index contributed by atoms with van der Waals surface area (Å²) < 4.78 is 42.1. The number of benzene rings is 6. The van der Waals surface area contributed by atoms with Crippen molar-refractivity contribution in [2.24, 2.45) is 0 Å². The Balaban J connectivity index is 1.08. The van der Waals surface area contributed by atoms with E-state index in [4.69, 9.17) is 18.6 Å². The summed E-state index contributed by atoms with van der Waals surface area (Å²) in [5.74, 6) is 2.54. The summed E-state index contributed by atoms with van der Waals surface area (Å²) in [4.78, 5) is 8.48. The van der Waals surface area contributed by atoms with Crippen LogP contribution in [0, 0.1) is 0 Å². The molecule has 12 rings (SSSR count). The Hall–Kier alpha value is -6.73. The molecule has 7 nitrogen and oxygen atoms in total. The summed E-state index contributed by atoms with van der Waals surface area (Å²) in [7, 11) is 0. The van der Waals surface area contributed by atoms with Crippen LogP contribution in [-0.4, -0.2) is 27.4 Å². The molecule has 50 heavy (non-hydrogen) atoms. The number of nitrogens with zero attached hydrogens (tertiary/aromatic N) is 5. The molecule has 0 radical (unpaired) electrons. The molecule has 2 aliphatic rings. The largest absolute Gasteiger partial charge is 0.457 e. The van der Waals surface area contributed by atoms with Gasteiger partial charge >= 0.3 is 0 Å². The molecule has 0 unspecified atom stereocenters. The van der Waals surface area contributed by atoms with Crippen LogP contribution in [0.2, 0.25) is 0 Å². The Morgan fingerprint density at radius 2 is 1.34 bits per heavy atom. The van der Waals surface area contributed by atoms with Gasteiger partial charge < -0.3 is 23.7 Å². The van der Waals surface area contributed by atoms with E-state index >= 15 is 0 Å². The molecule has 0 fully saturated rings. The van der Waals surface area contributed by atoms with Crippen LogP contribution in [0.4, 0.5) is 17.1 Å². The highest BCUT2D eigenvalue weighted by Crippen LogP contribution is 2.54. The van der Waals surface area contributed by atoms with Crippen molar-refractivity contribution in [1.29, 1.82) is 0 Å². The number of para-hydroxylation sites is 4. The fraction of sp³-hybridized carbons (Fsp3) is 0.0465. The second-order valence-electron chi connectivity index (χ2n) is 13.1. The Labute approximate surface area is 289 Å². The SMILES string of the molecule is [2H]C([2H])([2H])N1CN2c3cc(Oc4ccc5c6cccc7c6n(c5c4)c4ncccc4c4cccc5c6ccccc6n7c54)ccc3Oc3cccc1c32. The summed E-state index contributed by atoms with van der Waals surface area (Å²) in [5.41, 5.74) is 8.43. The molecule has 6 heterocycles. The lowest BCUT2D eigenvalue weighted by Gasteiger charge is -2.28. The van der Waals surface area contributed by atoms with Crippen LogP contribution in [0.5, 0.6) is 23.0 Å². The molecular weight excluding hydrogens is 619 g/mol. The highest BCUT2D eigenvalue weighted by molar-refractivity contribution is 6.23. The molecule has 4 aromatic heterocycles. The van der Waals surface area contributed by atoms with E-state index in [0.29, 0.717) is 28.7 Å². The fourth-order valence-corrected chi connectivity index (χ4v) is 8.44. The summed E-state index contributed by atoms with van der Waals surface area (Å²) in [6, 6.07) is 43.3. The molecule has 0 bridgehead atoms. The quantitative estimate of drug-likeness (QED) is 0.187. The maximum absolute atomic E-state index is 8.17. The Morgan fingerprint density at radius 3 is 2.28 bits per heavy atom. The van der Waals surface area contributed by atoms with Gasteiger partial charge in [-0.25, -0.2) is 4.98 Å². The van der Waals surface area contributed by atoms with Crippen LogP contribution in [0.15, 0.2) is 134 Å². The molecule has 0 saturated carbocycles. The first kappa shape index (κ1) is 23.6. The molecule has 236 valence electrons. The van der Waals surface area contributed by atoms with Crippen molar-refractivity contribution < 1.29 is 13.6 Å². The minimum atomic E-state index is -2.30. The summed E-state index contributed by atoms with van der Waals surface area (Å²) in [6.45, 7) is -2.12. The molecule has 0 N–H and O–H groups in total. The van der Waals surface area contributed by atoms with E-state index in [2.05, 4.69) is 87.7 Å². The van der Waals surface area contributed by atoms with Crippen LogP contribution in [0.1, 0.15) is 4.11 Å². The maximum atomic E-state index is 8.17. The summed E-state index contributed by atoms with van der Waals surface area (Å²) in [6.07, 6.45) is 1.86. The molecule has 2 aliphatic heterocycles. The van der Waals surface area contributed by atoms with E-state index in [-0.39, 0.29) is 6.67 Å². The average molecular weight is 649 g/mol. The van der Waals surface area contributed by atoms with Gasteiger partial charge in [0.2, 0.25) is 0 Å². The van der Waals surface area contributed by atoms with Crippen LogP contribution in [-0.2, 0) is 0 Å². The van der Waals surface area contributed by atoms with Crippen molar-refractivity contribution in [3.63, 3.8) is 0 Å². The van der Waals surface area contributed by atoms with Crippen LogP contribution in [0.25, 0.3) is 65.5 Å². The first-order chi connectivity index (χ1) is 25.9. The first-order valence-electron chi connectivity index (χ1n) is 18.2. The molecule has 0 saturated heterocycles. The fourth-order valence-electron chi connectivity index (χ4n) is 8.44. The van der Waals surface area contributed by atoms with E-state index in [1.165, 1.54) is 21.2 Å². The van der Waals surface area contributed by atoms with Gasteiger partial charge in [0.1, 0.15) is 22.8 Å². The van der Waals surface area contributed by atoms with Gasteiger partial charge in [-0.1, -0.05) is 54.6 Å². The van der Waals surface area contributed by atoms with E-state index < -0.39 is 6.98 Å². The van der Waals surface area contributed by atoms with Crippen LogP contribution >= 0.6 is 0 Å². The van der Waals surface area contributed by atoms with Crippen molar-refractivity contribution in [3.8, 4) is 23.0 Å². The van der Waals surface area contributed by atoms with Gasteiger partial charge in [-0.3, -0.25) is 4.40 Å². The standard InChI is InChI=1S/C43H27N5O2/c1-45-24-46-37-23-26(18-20-38(37)50-39-16-6-14-34(45)42(39)46)49-25-17-19-28-30-11-5-15-35-41(30)48(36(28)22-25)43-32(12-7-21-44-43)31-10-4-9-29-27-8-2-3-13-33(27)47(35)40(29)31/h2-23H,24H2,1H3/i1D3. The zero-order valence-electron chi connectivity index (χ0n) is 29.5. The maximum Gasteiger partial charge on any atom is 0.153 e. The zero-order valence-corrected chi connectivity index (χ0v) is 26.5. The lowest BCUT2D eigenvalue weighted by atomic mass is 10.1. The van der Waals surface area contributed by atoms with Crippen LogP contribution in [0.3, 0.4) is 0 Å². The van der Waals surface area contributed by atoms with Gasteiger partial charge in [0.05, 0.1) is 45.6 Å². The van der Waals surface area contributed by atoms with Gasteiger partial charge in [0.15, 0.2) is 11.5 Å². The van der Waals surface area contributed by atoms with Gasteiger partial charge in [-0.2, -0.15) is 0 Å².